The first-order valence-corrected chi connectivity index (χ1v) is 17.8. The van der Waals surface area contributed by atoms with Crippen LogP contribution in [0.5, 0.6) is 5.75 Å². The lowest BCUT2D eigenvalue weighted by molar-refractivity contribution is 0.146. The second-order valence-electron chi connectivity index (χ2n) is 12.3. The van der Waals surface area contributed by atoms with Crippen molar-refractivity contribution < 1.29 is 22.8 Å². The predicted octanol–water partition coefficient (Wildman–Crippen LogP) is 3.30. The summed E-state index contributed by atoms with van der Waals surface area (Å²) < 4.78 is 40.1. The van der Waals surface area contributed by atoms with Crippen LogP contribution in [0, 0.1) is 5.92 Å². The van der Waals surface area contributed by atoms with Gasteiger partial charge in [-0.15, -0.1) is 0 Å². The number of pyridine rings is 1. The van der Waals surface area contributed by atoms with Crippen LogP contribution < -0.4 is 27.2 Å². The van der Waals surface area contributed by atoms with Gasteiger partial charge in [-0.05, 0) is 96.1 Å². The number of tetrazole rings is 1. The molecule has 1 aliphatic carbocycles. The molecule has 0 amide bonds. The third-order valence-electron chi connectivity index (χ3n) is 8.75. The van der Waals surface area contributed by atoms with Crippen LogP contribution >= 0.6 is 0 Å². The van der Waals surface area contributed by atoms with Crippen LogP contribution in [0.1, 0.15) is 68.6 Å². The molecular formula is C33H44N8O6S. The van der Waals surface area contributed by atoms with Gasteiger partial charge < -0.3 is 26.6 Å². The number of fused-ring (bicyclic) bond motifs is 1. The Bertz CT molecular complexity index is 1790. The summed E-state index contributed by atoms with van der Waals surface area (Å²) in [4.78, 5) is 16.1. The summed E-state index contributed by atoms with van der Waals surface area (Å²) in [7, 11) is -4.21. The van der Waals surface area contributed by atoms with Crippen molar-refractivity contribution in [3.8, 4) is 11.4 Å². The van der Waals surface area contributed by atoms with Gasteiger partial charge in [0.25, 0.3) is 10.1 Å². The minimum Gasteiger partial charge on any atom is -0.489 e. The number of anilines is 2. The minimum absolute atomic E-state index is 0.0872. The number of aliphatic hydroxyl groups excluding tert-OH is 1. The molecule has 2 aliphatic rings. The summed E-state index contributed by atoms with van der Waals surface area (Å²) in [6.45, 7) is 1.53. The Hall–Kier alpha value is -4.31. The fourth-order valence-corrected chi connectivity index (χ4v) is 6.57. The highest BCUT2D eigenvalue weighted by Gasteiger charge is 2.22. The van der Waals surface area contributed by atoms with Crippen molar-refractivity contribution in [3.05, 3.63) is 82.4 Å². The number of rotatable bonds is 11. The molecule has 48 heavy (non-hydrogen) atoms. The van der Waals surface area contributed by atoms with E-state index in [4.69, 9.17) is 20.8 Å². The third kappa shape index (κ3) is 9.62. The van der Waals surface area contributed by atoms with E-state index in [-0.39, 0.29) is 16.7 Å². The average Bonchev–Trinajstić information content (AvgIpc) is 3.45. The Kier molecular flexibility index (Phi) is 11.8. The fraction of sp³-hybridized carbons (Fsp3) is 0.455. The molecule has 2 atom stereocenters. The van der Waals surface area contributed by atoms with Gasteiger partial charge in [0.05, 0.1) is 16.7 Å². The molecule has 0 bridgehead atoms. The van der Waals surface area contributed by atoms with Gasteiger partial charge in [-0.1, -0.05) is 38.2 Å². The quantitative estimate of drug-likeness (QED) is 0.114. The Balaban J connectivity index is 0.000000190. The number of aromatic nitrogens is 5. The van der Waals surface area contributed by atoms with Crippen molar-refractivity contribution in [2.45, 2.75) is 81.4 Å². The second kappa shape index (κ2) is 16.2. The third-order valence-corrected chi connectivity index (χ3v) is 9.60. The van der Waals surface area contributed by atoms with E-state index in [2.05, 4.69) is 20.7 Å². The van der Waals surface area contributed by atoms with E-state index in [0.717, 1.165) is 17.9 Å². The molecule has 1 saturated carbocycles. The standard InChI is InChI=1S/C17H21N3O5S.C16H23N5O/c18-17-6-2-12(8-20-17)15(21)10-19-9-13-3-1-11-7-14(26(22,23)24)4-5-16(11)25-13;17-14-8-10-15(11-9-14)21-16(22)20(18-19-21)12-4-7-13-5-2-1-3-6-13/h2,4-8,13,15,19,21H,1,3,9-10H2,(H2,18,20)(H,22,23,24);8-11,13H,1-7,12,17H2. The van der Waals surface area contributed by atoms with Crippen LogP contribution in [0.2, 0.25) is 0 Å². The lowest BCUT2D eigenvalue weighted by Gasteiger charge is -2.27. The molecule has 0 spiro atoms. The number of nitrogens with two attached hydrogens (primary N) is 2. The number of hydrogen-bond donors (Lipinski definition) is 5. The Morgan fingerprint density at radius 2 is 1.77 bits per heavy atom. The van der Waals surface area contributed by atoms with E-state index in [1.54, 1.807) is 48.7 Å². The first-order valence-electron chi connectivity index (χ1n) is 16.3. The van der Waals surface area contributed by atoms with Gasteiger partial charge in [-0.2, -0.15) is 17.8 Å². The summed E-state index contributed by atoms with van der Waals surface area (Å²) >= 11 is 0. The molecule has 2 aromatic heterocycles. The largest absolute Gasteiger partial charge is 0.489 e. The summed E-state index contributed by atoms with van der Waals surface area (Å²) in [5.41, 5.74) is 13.8. The predicted molar refractivity (Wildman–Crippen MR) is 181 cm³/mol. The van der Waals surface area contributed by atoms with Crippen LogP contribution in [0.25, 0.3) is 5.69 Å². The molecule has 258 valence electrons. The number of nitrogens with one attached hydrogen (secondary N) is 1. The van der Waals surface area contributed by atoms with Gasteiger partial charge in [-0.3, -0.25) is 4.55 Å². The van der Waals surface area contributed by atoms with Crippen LogP contribution in [-0.2, 0) is 23.1 Å². The average molecular weight is 681 g/mol. The number of benzene rings is 2. The molecule has 3 heterocycles. The molecule has 2 unspecified atom stereocenters. The number of hydrogen-bond acceptors (Lipinski definition) is 11. The number of ether oxygens (including phenoxy) is 1. The SMILES string of the molecule is Nc1ccc(-n2nnn(CCCC3CCCCC3)c2=O)cc1.Nc1ccc(C(O)CNCC2CCc3cc(S(=O)(=O)O)ccc3O2)cn1. The molecular weight excluding hydrogens is 636 g/mol. The van der Waals surface area contributed by atoms with Gasteiger partial charge in [-0.25, -0.2) is 9.78 Å². The monoisotopic (exact) mass is 680 g/mol. The van der Waals surface area contributed by atoms with Crippen molar-refractivity contribution in [1.29, 1.82) is 0 Å². The molecule has 6 rings (SSSR count). The van der Waals surface area contributed by atoms with Gasteiger partial charge in [0.2, 0.25) is 0 Å². The van der Waals surface area contributed by atoms with Crippen LogP contribution in [0.3, 0.4) is 0 Å². The molecule has 1 fully saturated rings. The Labute approximate surface area is 279 Å². The first kappa shape index (κ1) is 35.0. The van der Waals surface area contributed by atoms with Crippen molar-refractivity contribution in [2.75, 3.05) is 24.6 Å². The van der Waals surface area contributed by atoms with Crippen LogP contribution in [0.4, 0.5) is 11.5 Å². The maximum absolute atomic E-state index is 12.3. The summed E-state index contributed by atoms with van der Waals surface area (Å²) in [6.07, 6.45) is 11.1. The number of nitrogens with zero attached hydrogens (tertiary/aromatic N) is 5. The number of nitrogen functional groups attached to an aromatic ring is 2. The number of aryl methyl sites for hydroxylation is 2. The highest BCUT2D eigenvalue weighted by Crippen LogP contribution is 2.30. The van der Waals surface area contributed by atoms with E-state index in [1.807, 2.05) is 0 Å². The Morgan fingerprint density at radius 3 is 2.48 bits per heavy atom. The van der Waals surface area contributed by atoms with Gasteiger partial charge in [0, 0.05) is 37.1 Å². The maximum atomic E-state index is 12.3. The normalized spacial score (nSPS) is 17.1. The van der Waals surface area contributed by atoms with E-state index in [1.165, 1.54) is 60.0 Å². The Morgan fingerprint density at radius 1 is 1.00 bits per heavy atom. The zero-order chi connectivity index (χ0) is 34.1. The molecule has 0 saturated heterocycles. The zero-order valence-electron chi connectivity index (χ0n) is 26.8. The topological polar surface area (TPSA) is 213 Å². The lowest BCUT2D eigenvalue weighted by Crippen LogP contribution is -2.36. The smallest absolute Gasteiger partial charge is 0.368 e. The van der Waals surface area contributed by atoms with Crippen molar-refractivity contribution in [2.24, 2.45) is 5.92 Å². The fourth-order valence-electron chi connectivity index (χ4n) is 6.04. The molecule has 1 aliphatic heterocycles. The van der Waals surface area contributed by atoms with Crippen LogP contribution in [0.15, 0.2) is 70.5 Å². The summed E-state index contributed by atoms with van der Waals surface area (Å²) in [5.74, 6) is 1.84. The highest BCUT2D eigenvalue weighted by atomic mass is 32.2. The summed E-state index contributed by atoms with van der Waals surface area (Å²) in [5, 5.41) is 21.2. The highest BCUT2D eigenvalue weighted by molar-refractivity contribution is 7.85. The zero-order valence-corrected chi connectivity index (χ0v) is 27.6. The molecule has 0 radical (unpaired) electrons. The van der Waals surface area contributed by atoms with Gasteiger partial charge in [0.1, 0.15) is 17.7 Å². The van der Waals surface area contributed by atoms with E-state index < -0.39 is 16.2 Å². The molecule has 2 aromatic carbocycles. The second-order valence-corrected chi connectivity index (χ2v) is 13.8. The van der Waals surface area contributed by atoms with E-state index >= 15 is 0 Å². The maximum Gasteiger partial charge on any atom is 0.368 e. The minimum atomic E-state index is -4.21. The van der Waals surface area contributed by atoms with Crippen LogP contribution in [-0.4, -0.2) is 62.0 Å². The molecule has 4 aromatic rings. The van der Waals surface area contributed by atoms with E-state index in [0.29, 0.717) is 61.0 Å². The first-order chi connectivity index (χ1) is 23.1. The summed E-state index contributed by atoms with van der Waals surface area (Å²) in [6, 6.07) is 14.7. The van der Waals surface area contributed by atoms with E-state index in [9.17, 15) is 18.3 Å². The van der Waals surface area contributed by atoms with Gasteiger partial charge in [0.15, 0.2) is 0 Å². The molecule has 7 N–H and O–H groups in total. The molecule has 15 heteroatoms. The molecule has 14 nitrogen and oxygen atoms in total. The lowest BCUT2D eigenvalue weighted by atomic mass is 9.86. The van der Waals surface area contributed by atoms with Crippen molar-refractivity contribution in [3.63, 3.8) is 0 Å². The van der Waals surface area contributed by atoms with Gasteiger partial charge >= 0.3 is 5.69 Å². The van der Waals surface area contributed by atoms with Crippen molar-refractivity contribution >= 4 is 21.6 Å². The van der Waals surface area contributed by atoms with Crippen molar-refractivity contribution in [1.82, 2.24) is 30.1 Å². The number of aliphatic hydroxyl groups is 1.